The first-order valence-corrected chi connectivity index (χ1v) is 30.5. The van der Waals surface area contributed by atoms with Crippen molar-refractivity contribution in [3.63, 3.8) is 0 Å². The van der Waals surface area contributed by atoms with Crippen molar-refractivity contribution in [2.45, 2.75) is 166 Å². The lowest BCUT2D eigenvalue weighted by Gasteiger charge is -1.99. The van der Waals surface area contributed by atoms with E-state index in [9.17, 15) is 0 Å². The normalized spacial score (nSPS) is 9.43. The van der Waals surface area contributed by atoms with E-state index in [1.807, 2.05) is 148 Å². The molecule has 0 aliphatic heterocycles. The van der Waals surface area contributed by atoms with Gasteiger partial charge in [-0.3, -0.25) is 29.9 Å². The summed E-state index contributed by atoms with van der Waals surface area (Å²) >= 11 is 0. The van der Waals surface area contributed by atoms with Gasteiger partial charge in [-0.05, 0) is 195 Å². The Morgan fingerprint density at radius 3 is 0.964 bits per heavy atom. The van der Waals surface area contributed by atoms with Crippen LogP contribution in [0, 0.1) is 83.1 Å². The van der Waals surface area contributed by atoms with Gasteiger partial charge in [-0.25, -0.2) is 0 Å². The molecule has 0 spiro atoms. The van der Waals surface area contributed by atoms with E-state index in [1.54, 1.807) is 0 Å². The lowest BCUT2D eigenvalue weighted by atomic mass is 10.1. The summed E-state index contributed by atoms with van der Waals surface area (Å²) in [7, 11) is 0. The lowest BCUT2D eigenvalue weighted by Crippen LogP contribution is -1.83. The Hall–Kier alpha value is -8.22. The van der Waals surface area contributed by atoms with Crippen LogP contribution in [0.5, 0.6) is 0 Å². The largest absolute Gasteiger partial charge is 0.261 e. The number of fused-ring (bicyclic) bond motifs is 6. The molecular formula is C78H102N6. The molecule has 0 amide bonds. The molecule has 84 heavy (non-hydrogen) atoms. The molecule has 6 nitrogen and oxygen atoms in total. The van der Waals surface area contributed by atoms with Gasteiger partial charge in [0.15, 0.2) is 0 Å². The van der Waals surface area contributed by atoms with E-state index in [4.69, 9.17) is 0 Å². The first-order valence-electron chi connectivity index (χ1n) is 30.5. The summed E-state index contributed by atoms with van der Waals surface area (Å²) in [6.45, 7) is 48.8. The van der Waals surface area contributed by atoms with E-state index in [1.165, 1.54) is 87.6 Å². The molecule has 0 saturated carbocycles. The van der Waals surface area contributed by atoms with Gasteiger partial charge in [-0.2, -0.15) is 0 Å². The Kier molecular flexibility index (Phi) is 35.9. The highest BCUT2D eigenvalue weighted by Crippen LogP contribution is 2.19. The standard InChI is InChI=1S/6C11H11N.6C2H6/c1-8-3-6-11-10(7-8)5-4-9(2)12-11;1-8-3-5-10-6-4-9(2)12-11(10)7-8;1-8-3-4-10-7-12-9(2)6-11(10)5-8;1-8-3-4-10-6-9(2)12-7-11(10)5-8;2*1-8-3-4-11-10(5-8)6-9(2)7-12-11;6*1-2/h6*3-7H,1-2H3;6*1-2H3. The molecule has 0 unspecified atom stereocenters. The van der Waals surface area contributed by atoms with E-state index >= 15 is 0 Å². The minimum atomic E-state index is 1.08. The average Bonchev–Trinajstić information content (AvgIpc) is 3.61. The molecule has 0 N–H and O–H groups in total. The van der Waals surface area contributed by atoms with Crippen LogP contribution in [0.3, 0.4) is 0 Å². The Morgan fingerprint density at radius 2 is 0.488 bits per heavy atom. The summed E-state index contributed by atoms with van der Waals surface area (Å²) in [4.78, 5) is 26.0. The molecule has 0 aliphatic rings. The second kappa shape index (κ2) is 40.9. The number of pyridine rings is 6. The van der Waals surface area contributed by atoms with Crippen molar-refractivity contribution in [3.05, 3.63) is 250 Å². The molecule has 6 heteroatoms. The van der Waals surface area contributed by atoms with Gasteiger partial charge < -0.3 is 0 Å². The Bertz CT molecular complexity index is 3160. The van der Waals surface area contributed by atoms with Crippen LogP contribution in [0.2, 0.25) is 0 Å². The van der Waals surface area contributed by atoms with Crippen molar-refractivity contribution in [1.82, 2.24) is 29.9 Å². The number of nitrogens with zero attached hydrogens (tertiary/aromatic N) is 6. The maximum absolute atomic E-state index is 4.44. The van der Waals surface area contributed by atoms with Crippen LogP contribution < -0.4 is 0 Å². The number of benzene rings is 6. The third-order valence-corrected chi connectivity index (χ3v) is 11.9. The van der Waals surface area contributed by atoms with Crippen LogP contribution >= 0.6 is 0 Å². The van der Waals surface area contributed by atoms with Gasteiger partial charge in [-0.1, -0.05) is 184 Å². The summed E-state index contributed by atoms with van der Waals surface area (Å²) in [6.07, 6.45) is 7.65. The van der Waals surface area contributed by atoms with Crippen molar-refractivity contribution in [2.75, 3.05) is 0 Å². The molecule has 12 aromatic rings. The van der Waals surface area contributed by atoms with Gasteiger partial charge in [0.25, 0.3) is 0 Å². The summed E-state index contributed by atoms with van der Waals surface area (Å²) in [5.41, 5.74) is 18.8. The van der Waals surface area contributed by atoms with Gasteiger partial charge in [0.05, 0.1) is 22.1 Å². The topological polar surface area (TPSA) is 77.3 Å². The third-order valence-electron chi connectivity index (χ3n) is 11.9. The van der Waals surface area contributed by atoms with Crippen molar-refractivity contribution in [2.24, 2.45) is 0 Å². The number of hydrogen-bond acceptors (Lipinski definition) is 6. The fraction of sp³-hybridized carbons (Fsp3) is 0.308. The zero-order valence-electron chi connectivity index (χ0n) is 56.0. The van der Waals surface area contributed by atoms with Crippen LogP contribution in [0.15, 0.2) is 183 Å². The summed E-state index contributed by atoms with van der Waals surface area (Å²) in [6, 6.07) is 54.9. The summed E-state index contributed by atoms with van der Waals surface area (Å²) < 4.78 is 0. The van der Waals surface area contributed by atoms with Gasteiger partial charge in [0, 0.05) is 79.9 Å². The minimum absolute atomic E-state index is 1.08. The zero-order chi connectivity index (χ0) is 63.3. The van der Waals surface area contributed by atoms with Crippen molar-refractivity contribution in [3.8, 4) is 0 Å². The van der Waals surface area contributed by atoms with E-state index < -0.39 is 0 Å². The van der Waals surface area contributed by atoms with E-state index in [-0.39, 0.29) is 0 Å². The lowest BCUT2D eigenvalue weighted by molar-refractivity contribution is 1.22. The molecule has 444 valence electrons. The Balaban J connectivity index is 0.000000486. The van der Waals surface area contributed by atoms with Crippen LogP contribution in [0.1, 0.15) is 150 Å². The fourth-order valence-electron chi connectivity index (χ4n) is 8.14. The predicted octanol–water partition coefficient (Wildman–Crippen LogP) is 23.3. The van der Waals surface area contributed by atoms with E-state index in [0.29, 0.717) is 0 Å². The highest BCUT2D eigenvalue weighted by atomic mass is 14.7. The number of aryl methyl sites for hydroxylation is 12. The van der Waals surface area contributed by atoms with Gasteiger partial charge >= 0.3 is 0 Å². The van der Waals surface area contributed by atoms with Gasteiger partial charge in [0.1, 0.15) is 0 Å². The smallest absolute Gasteiger partial charge is 0.0707 e. The number of hydrogen-bond donors (Lipinski definition) is 0. The molecule has 0 atom stereocenters. The molecule has 12 rings (SSSR count). The predicted molar refractivity (Wildman–Crippen MR) is 375 cm³/mol. The third kappa shape index (κ3) is 25.5. The number of rotatable bonds is 0. The first-order chi connectivity index (χ1) is 40.5. The fourth-order valence-corrected chi connectivity index (χ4v) is 8.14. The molecule has 0 fully saturated rings. The second-order valence-electron chi connectivity index (χ2n) is 19.1. The van der Waals surface area contributed by atoms with Gasteiger partial charge in [0.2, 0.25) is 0 Å². The number of aromatic nitrogens is 6. The van der Waals surface area contributed by atoms with Crippen molar-refractivity contribution in [1.29, 1.82) is 0 Å². The molecular weight excluding hydrogens is 1020 g/mol. The summed E-state index contributed by atoms with van der Waals surface area (Å²) in [5, 5.41) is 9.89. The maximum atomic E-state index is 4.44. The molecule has 6 aromatic heterocycles. The quantitative estimate of drug-likeness (QED) is 0.151. The Labute approximate surface area is 508 Å². The molecule has 0 saturated heterocycles. The van der Waals surface area contributed by atoms with Crippen LogP contribution in [-0.4, -0.2) is 29.9 Å². The minimum Gasteiger partial charge on any atom is -0.261 e. The molecule has 6 aromatic carbocycles. The SMILES string of the molecule is CC.CC.CC.CC.CC.CC.Cc1ccc2cc(C)ncc2c1.Cc1ccc2ccc(C)nc2c1.Cc1ccc2cnc(C)cc2c1.Cc1ccc2nc(C)ccc2c1.Cc1ccc2ncc(C)cc2c1.Cc1ccc2ncc(C)cc2c1. The molecule has 0 radical (unpaired) electrons. The summed E-state index contributed by atoms with van der Waals surface area (Å²) in [5.74, 6) is 0. The van der Waals surface area contributed by atoms with Crippen LogP contribution in [-0.2, 0) is 0 Å². The molecule has 6 heterocycles. The van der Waals surface area contributed by atoms with Crippen molar-refractivity contribution < 1.29 is 0 Å². The average molecular weight is 1120 g/mol. The van der Waals surface area contributed by atoms with Crippen LogP contribution in [0.4, 0.5) is 0 Å². The van der Waals surface area contributed by atoms with Crippen LogP contribution in [0.25, 0.3) is 65.2 Å². The van der Waals surface area contributed by atoms with E-state index in [2.05, 4.69) is 231 Å². The van der Waals surface area contributed by atoms with E-state index in [0.717, 1.165) is 44.8 Å². The monoisotopic (exact) mass is 1120 g/mol. The molecule has 0 bridgehead atoms. The van der Waals surface area contributed by atoms with Crippen molar-refractivity contribution >= 4 is 65.2 Å². The highest BCUT2D eigenvalue weighted by molar-refractivity contribution is 5.84. The molecule has 0 aliphatic carbocycles. The first kappa shape index (κ1) is 73.8. The van der Waals surface area contributed by atoms with Gasteiger partial charge in [-0.15, -0.1) is 0 Å². The zero-order valence-corrected chi connectivity index (χ0v) is 56.0. The Morgan fingerprint density at radius 1 is 0.179 bits per heavy atom. The maximum Gasteiger partial charge on any atom is 0.0707 e. The second-order valence-corrected chi connectivity index (χ2v) is 19.1. The highest BCUT2D eigenvalue weighted by Gasteiger charge is 1.99.